The van der Waals surface area contributed by atoms with Crippen LogP contribution in [0.5, 0.6) is 0 Å². The van der Waals surface area contributed by atoms with Crippen molar-refractivity contribution in [1.29, 1.82) is 0 Å². The molecule has 0 atom stereocenters. The smallest absolute Gasteiger partial charge is 0.322 e. The van der Waals surface area contributed by atoms with Crippen LogP contribution in [0.25, 0.3) is 6.08 Å². The summed E-state index contributed by atoms with van der Waals surface area (Å²) in [5.41, 5.74) is 0. The summed E-state index contributed by atoms with van der Waals surface area (Å²) < 4.78 is 5.22. The van der Waals surface area contributed by atoms with Crippen molar-refractivity contribution < 1.29 is 18.8 Å². The lowest BCUT2D eigenvalue weighted by molar-refractivity contribution is -0.139. The summed E-state index contributed by atoms with van der Waals surface area (Å²) in [7, 11) is 0. The van der Waals surface area contributed by atoms with Gasteiger partial charge in [-0.1, -0.05) is 11.2 Å². The van der Waals surface area contributed by atoms with Crippen molar-refractivity contribution in [3.8, 4) is 0 Å². The van der Waals surface area contributed by atoms with Crippen LogP contribution in [0.1, 0.15) is 23.6 Å². The van der Waals surface area contributed by atoms with E-state index in [1.807, 2.05) is 17.5 Å². The molecule has 1 aliphatic heterocycles. The zero-order valence-electron chi connectivity index (χ0n) is 11.9. The standard InChI is InChI=1S/C14H12N4O4S/c19-10(4-3-9-2-1-7-23-9)15-14-17-16-11(22-14)8-18-12(20)5-6-13(18)21/h1-4,7H,5-6,8H2,(H,15,17,19). The summed E-state index contributed by atoms with van der Waals surface area (Å²) in [5.74, 6) is -0.858. The first-order valence-electron chi connectivity index (χ1n) is 6.80. The fourth-order valence-electron chi connectivity index (χ4n) is 1.99. The van der Waals surface area contributed by atoms with Crippen LogP contribution >= 0.6 is 11.3 Å². The predicted molar refractivity (Wildman–Crippen MR) is 81.1 cm³/mol. The van der Waals surface area contributed by atoms with Gasteiger partial charge in [0.05, 0.1) is 0 Å². The molecule has 0 aliphatic carbocycles. The van der Waals surface area contributed by atoms with Crippen LogP contribution in [0, 0.1) is 0 Å². The number of likely N-dealkylation sites (tertiary alicyclic amines) is 1. The molecular formula is C14H12N4O4S. The van der Waals surface area contributed by atoms with Crippen LogP contribution in [-0.2, 0) is 20.9 Å². The number of nitrogens with zero attached hydrogens (tertiary/aromatic N) is 3. The number of hydrogen-bond acceptors (Lipinski definition) is 7. The average molecular weight is 332 g/mol. The number of hydrogen-bond donors (Lipinski definition) is 1. The highest BCUT2D eigenvalue weighted by molar-refractivity contribution is 7.10. The fraction of sp³-hybridized carbons (Fsp3) is 0.214. The summed E-state index contributed by atoms with van der Waals surface area (Å²) in [5, 5.41) is 11.7. The van der Waals surface area contributed by atoms with E-state index in [-0.39, 0.29) is 43.1 Å². The Balaban J connectivity index is 1.58. The normalized spacial score (nSPS) is 14.9. The summed E-state index contributed by atoms with van der Waals surface area (Å²) in [6, 6.07) is 3.68. The molecule has 8 nitrogen and oxygen atoms in total. The van der Waals surface area contributed by atoms with Gasteiger partial charge < -0.3 is 4.42 Å². The third-order valence-electron chi connectivity index (χ3n) is 3.09. The lowest BCUT2D eigenvalue weighted by Gasteiger charge is -2.09. The van der Waals surface area contributed by atoms with Gasteiger partial charge in [-0.05, 0) is 17.5 Å². The zero-order valence-corrected chi connectivity index (χ0v) is 12.7. The number of anilines is 1. The van der Waals surface area contributed by atoms with Crippen LogP contribution in [0.3, 0.4) is 0 Å². The molecule has 2 aromatic rings. The van der Waals surface area contributed by atoms with E-state index in [1.165, 1.54) is 17.4 Å². The van der Waals surface area contributed by atoms with E-state index < -0.39 is 5.91 Å². The number of thiophene rings is 1. The summed E-state index contributed by atoms with van der Waals surface area (Å²) in [6.45, 7) is -0.0778. The van der Waals surface area contributed by atoms with Gasteiger partial charge in [0.25, 0.3) is 5.91 Å². The van der Waals surface area contributed by atoms with Crippen LogP contribution in [-0.4, -0.2) is 32.8 Å². The minimum atomic E-state index is -0.415. The Morgan fingerprint density at radius 1 is 1.35 bits per heavy atom. The molecule has 0 spiro atoms. The van der Waals surface area contributed by atoms with Gasteiger partial charge in [-0.15, -0.1) is 16.4 Å². The monoisotopic (exact) mass is 332 g/mol. The molecule has 0 saturated carbocycles. The number of rotatable bonds is 5. The first-order chi connectivity index (χ1) is 11.1. The number of imide groups is 1. The van der Waals surface area contributed by atoms with Crippen LogP contribution < -0.4 is 5.32 Å². The number of carbonyl (C=O) groups excluding carboxylic acids is 3. The van der Waals surface area contributed by atoms with E-state index >= 15 is 0 Å². The number of carbonyl (C=O) groups is 3. The summed E-state index contributed by atoms with van der Waals surface area (Å²) in [6.07, 6.45) is 3.41. The average Bonchev–Trinajstić information content (AvgIpc) is 3.24. The van der Waals surface area contributed by atoms with Gasteiger partial charge in [-0.25, -0.2) is 0 Å². The highest BCUT2D eigenvalue weighted by atomic mass is 32.1. The van der Waals surface area contributed by atoms with E-state index in [0.29, 0.717) is 0 Å². The molecule has 0 unspecified atom stereocenters. The second kappa shape index (κ2) is 6.53. The molecule has 23 heavy (non-hydrogen) atoms. The van der Waals surface area contributed by atoms with Crippen molar-refractivity contribution in [1.82, 2.24) is 15.1 Å². The third-order valence-corrected chi connectivity index (χ3v) is 3.92. The molecule has 3 heterocycles. The SMILES string of the molecule is O=C(C=Cc1cccs1)Nc1nnc(CN2C(=O)CCC2=O)o1. The number of nitrogens with one attached hydrogen (secondary N) is 1. The molecule has 3 amide bonds. The fourth-order valence-corrected chi connectivity index (χ4v) is 2.61. The summed E-state index contributed by atoms with van der Waals surface area (Å²) >= 11 is 1.51. The maximum absolute atomic E-state index is 11.7. The van der Waals surface area contributed by atoms with Crippen molar-refractivity contribution in [2.45, 2.75) is 19.4 Å². The van der Waals surface area contributed by atoms with Crippen molar-refractivity contribution in [3.05, 3.63) is 34.4 Å². The predicted octanol–water partition coefficient (Wildman–Crippen LogP) is 1.43. The van der Waals surface area contributed by atoms with Crippen LogP contribution in [0.4, 0.5) is 6.01 Å². The molecule has 0 aromatic carbocycles. The molecule has 1 fully saturated rings. The molecule has 0 bridgehead atoms. The molecule has 118 valence electrons. The largest absolute Gasteiger partial charge is 0.406 e. The maximum atomic E-state index is 11.7. The van der Waals surface area contributed by atoms with Gasteiger partial charge in [0.2, 0.25) is 17.7 Å². The molecular weight excluding hydrogens is 320 g/mol. The molecule has 1 N–H and O–H groups in total. The number of aromatic nitrogens is 2. The molecule has 1 saturated heterocycles. The topological polar surface area (TPSA) is 105 Å². The number of amides is 3. The van der Waals surface area contributed by atoms with Gasteiger partial charge in [0, 0.05) is 23.8 Å². The van der Waals surface area contributed by atoms with E-state index in [4.69, 9.17) is 4.42 Å². The molecule has 0 radical (unpaired) electrons. The third kappa shape index (κ3) is 3.69. The Hall–Kier alpha value is -2.81. The minimum absolute atomic E-state index is 0.0778. The van der Waals surface area contributed by atoms with Crippen LogP contribution in [0.15, 0.2) is 28.0 Å². The Morgan fingerprint density at radius 3 is 2.83 bits per heavy atom. The first-order valence-corrected chi connectivity index (χ1v) is 7.68. The second-order valence-electron chi connectivity index (χ2n) is 4.71. The Kier molecular flexibility index (Phi) is 4.29. The van der Waals surface area contributed by atoms with E-state index in [1.54, 1.807) is 6.08 Å². The second-order valence-corrected chi connectivity index (χ2v) is 5.69. The van der Waals surface area contributed by atoms with Gasteiger partial charge in [0.1, 0.15) is 6.54 Å². The lowest BCUT2D eigenvalue weighted by Crippen LogP contribution is -2.28. The van der Waals surface area contributed by atoms with E-state index in [9.17, 15) is 14.4 Å². The maximum Gasteiger partial charge on any atom is 0.322 e. The Labute approximate surface area is 134 Å². The molecule has 2 aromatic heterocycles. The zero-order chi connectivity index (χ0) is 16.2. The van der Waals surface area contributed by atoms with E-state index in [0.717, 1.165) is 9.78 Å². The Bertz CT molecular complexity index is 750. The highest BCUT2D eigenvalue weighted by Crippen LogP contribution is 2.16. The quantitative estimate of drug-likeness (QED) is 0.656. The van der Waals surface area contributed by atoms with Crippen molar-refractivity contribution in [2.75, 3.05) is 5.32 Å². The van der Waals surface area contributed by atoms with Crippen molar-refractivity contribution in [2.24, 2.45) is 0 Å². The van der Waals surface area contributed by atoms with Crippen LogP contribution in [0.2, 0.25) is 0 Å². The van der Waals surface area contributed by atoms with Gasteiger partial charge in [-0.3, -0.25) is 24.6 Å². The first kappa shape index (κ1) is 15.1. The summed E-state index contributed by atoms with van der Waals surface area (Å²) in [4.78, 5) is 36.8. The molecule has 3 rings (SSSR count). The molecule has 9 heteroatoms. The Morgan fingerprint density at radius 2 is 2.13 bits per heavy atom. The highest BCUT2D eigenvalue weighted by Gasteiger charge is 2.30. The van der Waals surface area contributed by atoms with Gasteiger partial charge >= 0.3 is 6.01 Å². The van der Waals surface area contributed by atoms with Crippen molar-refractivity contribution >= 4 is 41.1 Å². The van der Waals surface area contributed by atoms with Crippen molar-refractivity contribution in [3.63, 3.8) is 0 Å². The minimum Gasteiger partial charge on any atom is -0.406 e. The molecule has 1 aliphatic rings. The lowest BCUT2D eigenvalue weighted by atomic mass is 10.4. The van der Waals surface area contributed by atoms with Gasteiger partial charge in [0.15, 0.2) is 0 Å². The van der Waals surface area contributed by atoms with Gasteiger partial charge in [-0.2, -0.15) is 0 Å². The van der Waals surface area contributed by atoms with E-state index in [2.05, 4.69) is 15.5 Å².